The molecule has 1 aromatic rings. The SMILES string of the molecule is CC(Nc1ncc(N)cc1C#N)C(=O)N1CCCCC1. The Morgan fingerprint density at radius 1 is 1.50 bits per heavy atom. The largest absolute Gasteiger partial charge is 0.397 e. The van der Waals surface area contributed by atoms with Crippen LogP contribution in [0.2, 0.25) is 0 Å². The zero-order valence-electron chi connectivity index (χ0n) is 11.6. The van der Waals surface area contributed by atoms with Gasteiger partial charge in [-0.15, -0.1) is 0 Å². The average Bonchev–Trinajstić information content (AvgIpc) is 2.49. The molecule has 0 radical (unpaired) electrons. The van der Waals surface area contributed by atoms with E-state index in [4.69, 9.17) is 11.0 Å². The Morgan fingerprint density at radius 3 is 2.85 bits per heavy atom. The van der Waals surface area contributed by atoms with Gasteiger partial charge in [0.1, 0.15) is 17.9 Å². The molecule has 1 fully saturated rings. The summed E-state index contributed by atoms with van der Waals surface area (Å²) in [4.78, 5) is 18.2. The number of nitriles is 1. The van der Waals surface area contributed by atoms with E-state index in [0.29, 0.717) is 17.1 Å². The Labute approximate surface area is 118 Å². The first-order valence-electron chi connectivity index (χ1n) is 6.83. The normalized spacial score (nSPS) is 16.3. The van der Waals surface area contributed by atoms with Gasteiger partial charge in [-0.1, -0.05) is 0 Å². The number of pyridine rings is 1. The lowest BCUT2D eigenvalue weighted by Crippen LogP contribution is -2.44. The van der Waals surface area contributed by atoms with E-state index in [0.717, 1.165) is 25.9 Å². The summed E-state index contributed by atoms with van der Waals surface area (Å²) in [7, 11) is 0. The highest BCUT2D eigenvalue weighted by Crippen LogP contribution is 2.17. The third kappa shape index (κ3) is 3.18. The number of carbonyl (C=O) groups is 1. The summed E-state index contributed by atoms with van der Waals surface area (Å²) in [5.41, 5.74) is 6.38. The van der Waals surface area contributed by atoms with Crippen molar-refractivity contribution < 1.29 is 4.79 Å². The molecule has 0 aromatic carbocycles. The number of rotatable bonds is 3. The van der Waals surface area contributed by atoms with E-state index >= 15 is 0 Å². The molecule has 1 amide bonds. The van der Waals surface area contributed by atoms with Crippen molar-refractivity contribution >= 4 is 17.4 Å². The highest BCUT2D eigenvalue weighted by Gasteiger charge is 2.22. The fourth-order valence-electron chi connectivity index (χ4n) is 2.34. The second kappa shape index (κ2) is 6.24. The van der Waals surface area contributed by atoms with Gasteiger partial charge in [-0.2, -0.15) is 5.26 Å². The molecule has 1 aliphatic heterocycles. The molecular formula is C14H19N5O. The first-order chi connectivity index (χ1) is 9.61. The molecular weight excluding hydrogens is 254 g/mol. The Hall–Kier alpha value is -2.29. The molecule has 0 saturated carbocycles. The number of aromatic nitrogens is 1. The highest BCUT2D eigenvalue weighted by molar-refractivity contribution is 5.84. The number of likely N-dealkylation sites (tertiary alicyclic amines) is 1. The molecule has 0 spiro atoms. The number of amides is 1. The minimum atomic E-state index is -0.406. The van der Waals surface area contributed by atoms with Gasteiger partial charge >= 0.3 is 0 Å². The molecule has 1 saturated heterocycles. The molecule has 1 aromatic heterocycles. The van der Waals surface area contributed by atoms with Crippen molar-refractivity contribution in [1.82, 2.24) is 9.88 Å². The van der Waals surface area contributed by atoms with Gasteiger partial charge in [-0.3, -0.25) is 4.79 Å². The molecule has 3 N–H and O–H groups in total. The van der Waals surface area contributed by atoms with Crippen LogP contribution in [0.3, 0.4) is 0 Å². The smallest absolute Gasteiger partial charge is 0.244 e. The summed E-state index contributed by atoms with van der Waals surface area (Å²) >= 11 is 0. The average molecular weight is 273 g/mol. The number of nitrogens with two attached hydrogens (primary N) is 1. The van der Waals surface area contributed by atoms with E-state index in [1.807, 2.05) is 11.0 Å². The van der Waals surface area contributed by atoms with E-state index in [1.54, 1.807) is 13.0 Å². The minimum absolute atomic E-state index is 0.0483. The predicted molar refractivity (Wildman–Crippen MR) is 76.9 cm³/mol. The van der Waals surface area contributed by atoms with E-state index in [1.165, 1.54) is 12.6 Å². The highest BCUT2D eigenvalue weighted by atomic mass is 16.2. The van der Waals surface area contributed by atoms with Crippen LogP contribution in [0.1, 0.15) is 31.7 Å². The van der Waals surface area contributed by atoms with Crippen LogP contribution >= 0.6 is 0 Å². The number of hydrogen-bond donors (Lipinski definition) is 2. The van der Waals surface area contributed by atoms with Crippen LogP contribution in [0.4, 0.5) is 11.5 Å². The lowest BCUT2D eigenvalue weighted by Gasteiger charge is -2.29. The summed E-state index contributed by atoms with van der Waals surface area (Å²) in [5.74, 6) is 0.451. The van der Waals surface area contributed by atoms with Gasteiger partial charge in [0.25, 0.3) is 0 Å². The Bertz CT molecular complexity index is 531. The fraction of sp³-hybridized carbons (Fsp3) is 0.500. The van der Waals surface area contributed by atoms with Gasteiger partial charge in [0.15, 0.2) is 0 Å². The van der Waals surface area contributed by atoms with Crippen molar-refractivity contribution in [1.29, 1.82) is 5.26 Å². The van der Waals surface area contributed by atoms with Crippen LogP contribution in [0, 0.1) is 11.3 Å². The molecule has 1 atom stereocenters. The molecule has 0 bridgehead atoms. The van der Waals surface area contributed by atoms with E-state index in [9.17, 15) is 4.79 Å². The first kappa shape index (κ1) is 14.1. The molecule has 2 rings (SSSR count). The standard InChI is InChI=1S/C14H19N5O/c1-10(14(20)19-5-3-2-4-6-19)18-13-11(8-15)7-12(16)9-17-13/h7,9-10H,2-6,16H2,1H3,(H,17,18). The second-order valence-corrected chi connectivity index (χ2v) is 5.03. The summed E-state index contributed by atoms with van der Waals surface area (Å²) in [6, 6.07) is 3.17. The molecule has 6 heteroatoms. The fourth-order valence-corrected chi connectivity index (χ4v) is 2.34. The maximum absolute atomic E-state index is 12.3. The Balaban J connectivity index is 2.05. The van der Waals surface area contributed by atoms with Crippen molar-refractivity contribution in [2.75, 3.05) is 24.1 Å². The molecule has 2 heterocycles. The maximum Gasteiger partial charge on any atom is 0.244 e. The molecule has 1 unspecified atom stereocenters. The van der Waals surface area contributed by atoms with Gasteiger partial charge < -0.3 is 16.0 Å². The van der Waals surface area contributed by atoms with Crippen LogP contribution in [0.5, 0.6) is 0 Å². The van der Waals surface area contributed by atoms with Crippen LogP contribution in [-0.4, -0.2) is 34.9 Å². The van der Waals surface area contributed by atoms with Crippen LogP contribution in [-0.2, 0) is 4.79 Å². The number of hydrogen-bond acceptors (Lipinski definition) is 5. The van der Waals surface area contributed by atoms with E-state index < -0.39 is 6.04 Å². The van der Waals surface area contributed by atoms with E-state index in [-0.39, 0.29) is 5.91 Å². The summed E-state index contributed by atoms with van der Waals surface area (Å²) in [5, 5.41) is 12.1. The summed E-state index contributed by atoms with van der Waals surface area (Å²) < 4.78 is 0. The monoisotopic (exact) mass is 273 g/mol. The van der Waals surface area contributed by atoms with E-state index in [2.05, 4.69) is 10.3 Å². The molecule has 6 nitrogen and oxygen atoms in total. The molecule has 106 valence electrons. The van der Waals surface area contributed by atoms with Gasteiger partial charge in [0.05, 0.1) is 17.4 Å². The molecule has 0 aliphatic carbocycles. The number of nitrogens with zero attached hydrogens (tertiary/aromatic N) is 3. The number of nitrogens with one attached hydrogen (secondary N) is 1. The number of nitrogen functional groups attached to an aromatic ring is 1. The lowest BCUT2D eigenvalue weighted by atomic mass is 10.1. The van der Waals surface area contributed by atoms with Gasteiger partial charge in [-0.05, 0) is 32.3 Å². The molecule has 20 heavy (non-hydrogen) atoms. The quantitative estimate of drug-likeness (QED) is 0.866. The first-order valence-corrected chi connectivity index (χ1v) is 6.83. The van der Waals surface area contributed by atoms with Crippen molar-refractivity contribution in [2.24, 2.45) is 0 Å². The second-order valence-electron chi connectivity index (χ2n) is 5.03. The van der Waals surface area contributed by atoms with Gasteiger partial charge in [-0.25, -0.2) is 4.98 Å². The van der Waals surface area contributed by atoms with Crippen molar-refractivity contribution in [3.05, 3.63) is 17.8 Å². The Kier molecular flexibility index (Phi) is 4.41. The van der Waals surface area contributed by atoms with Crippen LogP contribution in [0.15, 0.2) is 12.3 Å². The van der Waals surface area contributed by atoms with Crippen LogP contribution < -0.4 is 11.1 Å². The molecule has 1 aliphatic rings. The van der Waals surface area contributed by atoms with Gasteiger partial charge in [0, 0.05) is 13.1 Å². The van der Waals surface area contributed by atoms with Crippen molar-refractivity contribution in [3.63, 3.8) is 0 Å². The third-order valence-electron chi connectivity index (χ3n) is 3.42. The number of anilines is 2. The van der Waals surface area contributed by atoms with Crippen LogP contribution in [0.25, 0.3) is 0 Å². The zero-order valence-corrected chi connectivity index (χ0v) is 11.6. The van der Waals surface area contributed by atoms with Gasteiger partial charge in [0.2, 0.25) is 5.91 Å². The third-order valence-corrected chi connectivity index (χ3v) is 3.42. The summed E-state index contributed by atoms with van der Waals surface area (Å²) in [6.45, 7) is 3.41. The minimum Gasteiger partial charge on any atom is -0.397 e. The maximum atomic E-state index is 12.3. The van der Waals surface area contributed by atoms with Crippen molar-refractivity contribution in [3.8, 4) is 6.07 Å². The lowest BCUT2D eigenvalue weighted by molar-refractivity contribution is -0.132. The Morgan fingerprint density at radius 2 is 2.20 bits per heavy atom. The number of piperidine rings is 1. The number of carbonyl (C=O) groups excluding carboxylic acids is 1. The topological polar surface area (TPSA) is 95.0 Å². The summed E-state index contributed by atoms with van der Waals surface area (Å²) in [6.07, 6.45) is 4.77. The van der Waals surface area contributed by atoms with Crippen molar-refractivity contribution in [2.45, 2.75) is 32.2 Å². The predicted octanol–water partition coefficient (Wildman–Crippen LogP) is 1.35. The zero-order chi connectivity index (χ0) is 14.5.